The minimum absolute atomic E-state index is 0.150. The molecule has 2 rings (SSSR count). The lowest BCUT2D eigenvalue weighted by atomic mass is 9.93. The predicted octanol–water partition coefficient (Wildman–Crippen LogP) is 1.68. The van der Waals surface area contributed by atoms with E-state index in [0.29, 0.717) is 5.82 Å². The first-order valence-electron chi connectivity index (χ1n) is 5.46. The van der Waals surface area contributed by atoms with Crippen molar-refractivity contribution in [1.29, 1.82) is 0 Å². The maximum absolute atomic E-state index is 10.9. The normalized spacial score (nSPS) is 18.2. The van der Waals surface area contributed by atoms with E-state index in [1.807, 2.05) is 0 Å². The van der Waals surface area contributed by atoms with Crippen LogP contribution >= 0.6 is 0 Å². The van der Waals surface area contributed by atoms with Crippen molar-refractivity contribution in [3.63, 3.8) is 0 Å². The fourth-order valence-corrected chi connectivity index (χ4v) is 2.32. The van der Waals surface area contributed by atoms with E-state index in [4.69, 9.17) is 5.11 Å². The van der Waals surface area contributed by atoms with Crippen LogP contribution in [0.5, 0.6) is 0 Å². The van der Waals surface area contributed by atoms with E-state index in [0.717, 1.165) is 25.7 Å². The molecule has 16 heavy (non-hydrogen) atoms. The highest BCUT2D eigenvalue weighted by Crippen LogP contribution is 2.35. The van der Waals surface area contributed by atoms with Gasteiger partial charge in [0.15, 0.2) is 0 Å². The number of aromatic nitrogens is 2. The monoisotopic (exact) mass is 221 g/mol. The molecule has 86 valence electrons. The summed E-state index contributed by atoms with van der Waals surface area (Å²) in [5.41, 5.74) is -0.319. The number of aliphatic carboxylic acids is 1. The summed E-state index contributed by atoms with van der Waals surface area (Å²) in [5, 5.41) is 12.2. The highest BCUT2D eigenvalue weighted by Gasteiger charge is 2.36. The van der Waals surface area contributed by atoms with Gasteiger partial charge in [0.25, 0.3) is 0 Å². The Morgan fingerprint density at radius 1 is 1.50 bits per heavy atom. The smallest absolute Gasteiger partial charge is 0.305 e. The molecule has 0 atom stereocenters. The molecule has 1 aromatic rings. The molecular weight excluding hydrogens is 206 g/mol. The summed E-state index contributed by atoms with van der Waals surface area (Å²) in [7, 11) is 0. The standard InChI is InChI=1S/C11H15N3O2/c15-10(16)7-11(4-1-2-5-11)14-9-3-6-12-8-13-9/h3,6,8H,1-2,4-5,7H2,(H,15,16)(H,12,13,14). The SMILES string of the molecule is O=C(O)CC1(Nc2ccncn2)CCCC1. The topological polar surface area (TPSA) is 75.1 Å². The molecule has 0 amide bonds. The third-order valence-electron chi connectivity index (χ3n) is 3.03. The Morgan fingerprint density at radius 2 is 2.25 bits per heavy atom. The van der Waals surface area contributed by atoms with Gasteiger partial charge in [-0.1, -0.05) is 12.8 Å². The van der Waals surface area contributed by atoms with Gasteiger partial charge in [0.2, 0.25) is 0 Å². The van der Waals surface area contributed by atoms with Crippen molar-refractivity contribution in [2.45, 2.75) is 37.6 Å². The first kappa shape index (κ1) is 10.9. The molecule has 0 aromatic carbocycles. The van der Waals surface area contributed by atoms with Gasteiger partial charge in [-0.05, 0) is 18.9 Å². The van der Waals surface area contributed by atoms with Crippen LogP contribution in [0.3, 0.4) is 0 Å². The first-order chi connectivity index (χ1) is 7.70. The van der Waals surface area contributed by atoms with E-state index in [-0.39, 0.29) is 12.0 Å². The quantitative estimate of drug-likeness (QED) is 0.809. The summed E-state index contributed by atoms with van der Waals surface area (Å²) in [6.45, 7) is 0. The maximum Gasteiger partial charge on any atom is 0.305 e. The highest BCUT2D eigenvalue weighted by molar-refractivity contribution is 5.69. The molecule has 1 aliphatic rings. The summed E-state index contributed by atoms with van der Waals surface area (Å²) in [6, 6.07) is 1.77. The number of anilines is 1. The van der Waals surface area contributed by atoms with Crippen molar-refractivity contribution in [3.05, 3.63) is 18.6 Å². The van der Waals surface area contributed by atoms with Gasteiger partial charge in [-0.3, -0.25) is 4.79 Å². The number of carboxylic acids is 1. The Hall–Kier alpha value is -1.65. The summed E-state index contributed by atoms with van der Waals surface area (Å²) < 4.78 is 0. The van der Waals surface area contributed by atoms with Gasteiger partial charge >= 0.3 is 5.97 Å². The predicted molar refractivity (Wildman–Crippen MR) is 59.1 cm³/mol. The summed E-state index contributed by atoms with van der Waals surface area (Å²) >= 11 is 0. The number of hydrogen-bond acceptors (Lipinski definition) is 4. The van der Waals surface area contributed by atoms with Gasteiger partial charge < -0.3 is 10.4 Å². The molecule has 1 heterocycles. The van der Waals surface area contributed by atoms with E-state index in [9.17, 15) is 4.79 Å². The van der Waals surface area contributed by atoms with E-state index < -0.39 is 5.97 Å². The molecular formula is C11H15N3O2. The molecule has 1 fully saturated rings. The Bertz CT molecular complexity index is 361. The van der Waals surface area contributed by atoms with Crippen molar-refractivity contribution in [2.24, 2.45) is 0 Å². The van der Waals surface area contributed by atoms with Crippen LogP contribution in [0.4, 0.5) is 5.82 Å². The van der Waals surface area contributed by atoms with Crippen molar-refractivity contribution >= 4 is 11.8 Å². The Kier molecular flexibility index (Phi) is 3.03. The number of nitrogens with zero attached hydrogens (tertiary/aromatic N) is 2. The molecule has 2 N–H and O–H groups in total. The van der Waals surface area contributed by atoms with Gasteiger partial charge in [-0.15, -0.1) is 0 Å². The fourth-order valence-electron chi connectivity index (χ4n) is 2.32. The third kappa shape index (κ3) is 2.48. The van der Waals surface area contributed by atoms with Gasteiger partial charge in [-0.2, -0.15) is 0 Å². The summed E-state index contributed by atoms with van der Waals surface area (Å²) in [5.74, 6) is -0.0541. The molecule has 0 saturated heterocycles. The van der Waals surface area contributed by atoms with Crippen molar-refractivity contribution in [1.82, 2.24) is 9.97 Å². The van der Waals surface area contributed by atoms with Crippen LogP contribution in [-0.4, -0.2) is 26.6 Å². The van der Waals surface area contributed by atoms with Crippen LogP contribution in [0.2, 0.25) is 0 Å². The van der Waals surface area contributed by atoms with Gasteiger partial charge in [0, 0.05) is 11.7 Å². The van der Waals surface area contributed by atoms with Crippen molar-refractivity contribution in [2.75, 3.05) is 5.32 Å². The Balaban J connectivity index is 2.11. The lowest BCUT2D eigenvalue weighted by Crippen LogP contribution is -2.37. The van der Waals surface area contributed by atoms with Crippen LogP contribution in [-0.2, 0) is 4.79 Å². The lowest BCUT2D eigenvalue weighted by molar-refractivity contribution is -0.138. The van der Waals surface area contributed by atoms with Gasteiger partial charge in [0.1, 0.15) is 12.1 Å². The number of carboxylic acid groups (broad SMARTS) is 1. The van der Waals surface area contributed by atoms with E-state index in [1.165, 1.54) is 6.33 Å². The van der Waals surface area contributed by atoms with Gasteiger partial charge in [0.05, 0.1) is 6.42 Å². The molecule has 0 aliphatic heterocycles. The van der Waals surface area contributed by atoms with Crippen LogP contribution < -0.4 is 5.32 Å². The van der Waals surface area contributed by atoms with Crippen LogP contribution in [0.1, 0.15) is 32.1 Å². The van der Waals surface area contributed by atoms with Crippen LogP contribution in [0.15, 0.2) is 18.6 Å². The molecule has 1 saturated carbocycles. The molecule has 0 unspecified atom stereocenters. The molecule has 0 bridgehead atoms. The average Bonchev–Trinajstić information content (AvgIpc) is 2.66. The minimum Gasteiger partial charge on any atom is -0.481 e. The van der Waals surface area contributed by atoms with E-state index >= 15 is 0 Å². The minimum atomic E-state index is -0.761. The second-order valence-electron chi connectivity index (χ2n) is 4.28. The highest BCUT2D eigenvalue weighted by atomic mass is 16.4. The van der Waals surface area contributed by atoms with Crippen molar-refractivity contribution < 1.29 is 9.90 Å². The molecule has 1 aromatic heterocycles. The summed E-state index contributed by atoms with van der Waals surface area (Å²) in [4.78, 5) is 18.8. The molecule has 0 radical (unpaired) electrons. The first-order valence-corrected chi connectivity index (χ1v) is 5.46. The zero-order valence-corrected chi connectivity index (χ0v) is 9.02. The van der Waals surface area contributed by atoms with Gasteiger partial charge in [-0.25, -0.2) is 9.97 Å². The lowest BCUT2D eigenvalue weighted by Gasteiger charge is -2.29. The van der Waals surface area contributed by atoms with E-state index in [2.05, 4.69) is 15.3 Å². The van der Waals surface area contributed by atoms with Crippen LogP contribution in [0.25, 0.3) is 0 Å². The van der Waals surface area contributed by atoms with Crippen molar-refractivity contribution in [3.8, 4) is 0 Å². The maximum atomic E-state index is 10.9. The third-order valence-corrected chi connectivity index (χ3v) is 3.03. The zero-order chi connectivity index (χ0) is 11.4. The summed E-state index contributed by atoms with van der Waals surface area (Å²) in [6.07, 6.45) is 7.20. The second kappa shape index (κ2) is 4.47. The average molecular weight is 221 g/mol. The fraction of sp³-hybridized carbons (Fsp3) is 0.545. The molecule has 1 aliphatic carbocycles. The number of carbonyl (C=O) groups is 1. The Labute approximate surface area is 93.9 Å². The van der Waals surface area contributed by atoms with E-state index in [1.54, 1.807) is 12.3 Å². The molecule has 5 heteroatoms. The zero-order valence-electron chi connectivity index (χ0n) is 9.02. The molecule has 5 nitrogen and oxygen atoms in total. The van der Waals surface area contributed by atoms with Crippen LogP contribution in [0, 0.1) is 0 Å². The second-order valence-corrected chi connectivity index (χ2v) is 4.28. The number of hydrogen-bond donors (Lipinski definition) is 2. The Morgan fingerprint density at radius 3 is 2.81 bits per heavy atom. The number of nitrogens with one attached hydrogen (secondary N) is 1. The number of rotatable bonds is 4. The molecule has 0 spiro atoms. The largest absolute Gasteiger partial charge is 0.481 e.